The van der Waals surface area contributed by atoms with Crippen molar-refractivity contribution < 1.29 is 19.1 Å². The van der Waals surface area contributed by atoms with E-state index < -0.39 is 11.6 Å². The second kappa shape index (κ2) is 6.88. The van der Waals surface area contributed by atoms with E-state index in [1.54, 1.807) is 25.1 Å². The van der Waals surface area contributed by atoms with Crippen molar-refractivity contribution in [1.82, 2.24) is 10.2 Å². The number of hydrogen-bond donors (Lipinski definition) is 1. The first kappa shape index (κ1) is 17.9. The Kier molecular flexibility index (Phi) is 4.55. The Hall–Kier alpha value is -2.54. The monoisotopic (exact) mass is 430 g/mol. The summed E-state index contributed by atoms with van der Waals surface area (Å²) in [6, 6.07) is 12.5. The molecule has 140 valence electrons. The van der Waals surface area contributed by atoms with Gasteiger partial charge < -0.3 is 14.8 Å². The SMILES string of the molecule is CC1(c2ccc3c(c2)OCCCO3)NC(=O)N(Cc2cccc(Br)c2)C1=O. The van der Waals surface area contributed by atoms with Crippen LogP contribution in [0.2, 0.25) is 0 Å². The molecule has 3 amide bonds. The number of nitrogens with one attached hydrogen (secondary N) is 1. The lowest BCUT2D eigenvalue weighted by Crippen LogP contribution is -2.40. The first-order chi connectivity index (χ1) is 13.0. The van der Waals surface area contributed by atoms with Gasteiger partial charge in [-0.05, 0) is 42.3 Å². The van der Waals surface area contributed by atoms with Gasteiger partial charge in [-0.1, -0.05) is 34.1 Å². The Bertz CT molecular complexity index is 917. The number of rotatable bonds is 3. The lowest BCUT2D eigenvalue weighted by molar-refractivity contribution is -0.131. The van der Waals surface area contributed by atoms with Crippen molar-refractivity contribution in [2.45, 2.75) is 25.4 Å². The molecular weight excluding hydrogens is 412 g/mol. The summed E-state index contributed by atoms with van der Waals surface area (Å²) in [6.07, 6.45) is 0.803. The zero-order chi connectivity index (χ0) is 19.0. The summed E-state index contributed by atoms with van der Waals surface area (Å²) in [5.74, 6) is 0.961. The molecule has 0 radical (unpaired) electrons. The molecule has 1 unspecified atom stereocenters. The molecule has 0 aliphatic carbocycles. The number of carbonyl (C=O) groups is 2. The highest BCUT2D eigenvalue weighted by molar-refractivity contribution is 9.10. The molecule has 1 atom stereocenters. The van der Waals surface area contributed by atoms with Gasteiger partial charge in [0.2, 0.25) is 0 Å². The van der Waals surface area contributed by atoms with Gasteiger partial charge in [-0.3, -0.25) is 9.69 Å². The van der Waals surface area contributed by atoms with Gasteiger partial charge in [0.25, 0.3) is 5.91 Å². The van der Waals surface area contributed by atoms with Gasteiger partial charge in [0.15, 0.2) is 11.5 Å². The average molecular weight is 431 g/mol. The molecule has 27 heavy (non-hydrogen) atoms. The molecule has 0 bridgehead atoms. The van der Waals surface area contributed by atoms with E-state index in [1.807, 2.05) is 24.3 Å². The fourth-order valence-electron chi connectivity index (χ4n) is 3.33. The molecule has 1 N–H and O–H groups in total. The van der Waals surface area contributed by atoms with E-state index in [4.69, 9.17) is 9.47 Å². The number of imide groups is 1. The zero-order valence-electron chi connectivity index (χ0n) is 14.8. The number of amides is 3. The van der Waals surface area contributed by atoms with Crippen molar-refractivity contribution in [3.8, 4) is 11.5 Å². The van der Waals surface area contributed by atoms with Crippen LogP contribution in [-0.4, -0.2) is 30.1 Å². The zero-order valence-corrected chi connectivity index (χ0v) is 16.4. The molecule has 1 fully saturated rings. The molecule has 2 aromatic rings. The third kappa shape index (κ3) is 3.27. The molecule has 0 spiro atoms. The van der Waals surface area contributed by atoms with Crippen LogP contribution in [0.4, 0.5) is 4.79 Å². The van der Waals surface area contributed by atoms with Gasteiger partial charge in [0.1, 0.15) is 5.54 Å². The molecule has 2 aliphatic rings. The largest absolute Gasteiger partial charge is 0.490 e. The Morgan fingerprint density at radius 3 is 2.67 bits per heavy atom. The minimum absolute atomic E-state index is 0.213. The van der Waals surface area contributed by atoms with Crippen LogP contribution in [0.15, 0.2) is 46.9 Å². The summed E-state index contributed by atoms with van der Waals surface area (Å²) in [7, 11) is 0. The predicted molar refractivity (Wildman–Crippen MR) is 103 cm³/mol. The van der Waals surface area contributed by atoms with Crippen LogP contribution in [0.5, 0.6) is 11.5 Å². The summed E-state index contributed by atoms with van der Waals surface area (Å²) >= 11 is 3.41. The average Bonchev–Trinajstić information content (AvgIpc) is 2.83. The number of hydrogen-bond acceptors (Lipinski definition) is 4. The summed E-state index contributed by atoms with van der Waals surface area (Å²) in [5, 5.41) is 2.83. The second-order valence-electron chi connectivity index (χ2n) is 6.79. The highest BCUT2D eigenvalue weighted by Crippen LogP contribution is 2.37. The highest BCUT2D eigenvalue weighted by Gasteiger charge is 2.49. The smallest absolute Gasteiger partial charge is 0.325 e. The van der Waals surface area contributed by atoms with Crippen LogP contribution < -0.4 is 14.8 Å². The Morgan fingerprint density at radius 1 is 1.11 bits per heavy atom. The van der Waals surface area contributed by atoms with E-state index >= 15 is 0 Å². The van der Waals surface area contributed by atoms with Crippen LogP contribution in [0.3, 0.4) is 0 Å². The van der Waals surface area contributed by atoms with Crippen molar-refractivity contribution in [2.75, 3.05) is 13.2 Å². The minimum atomic E-state index is -1.15. The van der Waals surface area contributed by atoms with Gasteiger partial charge in [0.05, 0.1) is 19.8 Å². The van der Waals surface area contributed by atoms with Crippen molar-refractivity contribution in [3.05, 3.63) is 58.1 Å². The quantitative estimate of drug-likeness (QED) is 0.755. The van der Waals surface area contributed by atoms with Gasteiger partial charge in [-0.15, -0.1) is 0 Å². The molecule has 4 rings (SSSR count). The van der Waals surface area contributed by atoms with E-state index in [2.05, 4.69) is 21.2 Å². The number of urea groups is 1. The van der Waals surface area contributed by atoms with E-state index in [9.17, 15) is 9.59 Å². The van der Waals surface area contributed by atoms with Gasteiger partial charge in [0, 0.05) is 10.9 Å². The minimum Gasteiger partial charge on any atom is -0.490 e. The van der Waals surface area contributed by atoms with Gasteiger partial charge in [-0.25, -0.2) is 4.79 Å². The van der Waals surface area contributed by atoms with Crippen LogP contribution in [-0.2, 0) is 16.9 Å². The predicted octanol–water partition coefficient (Wildman–Crippen LogP) is 3.58. The Labute approximate surface area is 165 Å². The summed E-state index contributed by atoms with van der Waals surface area (Å²) in [4.78, 5) is 26.9. The molecule has 2 aliphatic heterocycles. The van der Waals surface area contributed by atoms with Crippen LogP contribution in [0.25, 0.3) is 0 Å². The Balaban J connectivity index is 1.62. The number of ether oxygens (including phenoxy) is 2. The Morgan fingerprint density at radius 2 is 1.89 bits per heavy atom. The normalized spacial score (nSPS) is 21.8. The number of benzene rings is 2. The fraction of sp³-hybridized carbons (Fsp3) is 0.300. The molecule has 2 aromatic carbocycles. The number of carbonyl (C=O) groups excluding carboxylic acids is 2. The number of nitrogens with zero attached hydrogens (tertiary/aromatic N) is 1. The summed E-state index contributed by atoms with van der Waals surface area (Å²) < 4.78 is 12.3. The first-order valence-electron chi connectivity index (χ1n) is 8.76. The fourth-order valence-corrected chi connectivity index (χ4v) is 3.78. The van der Waals surface area contributed by atoms with Crippen molar-refractivity contribution in [1.29, 1.82) is 0 Å². The van der Waals surface area contributed by atoms with E-state index in [0.717, 1.165) is 16.5 Å². The van der Waals surface area contributed by atoms with Crippen molar-refractivity contribution in [3.63, 3.8) is 0 Å². The number of halogens is 1. The van der Waals surface area contributed by atoms with Gasteiger partial charge in [-0.2, -0.15) is 0 Å². The summed E-state index contributed by atoms with van der Waals surface area (Å²) in [6.45, 7) is 3.08. The standard InChI is InChI=1S/C20H19BrN2O4/c1-20(14-6-7-16-17(11-14)27-9-3-8-26-16)18(24)23(19(25)22-20)12-13-4-2-5-15(21)10-13/h2,4-7,10-11H,3,8-9,12H2,1H3,(H,22,25). The van der Waals surface area contributed by atoms with Crippen LogP contribution >= 0.6 is 15.9 Å². The molecule has 0 saturated carbocycles. The van der Waals surface area contributed by atoms with E-state index in [0.29, 0.717) is 30.3 Å². The number of fused-ring (bicyclic) bond motifs is 1. The molecule has 0 aromatic heterocycles. The lowest BCUT2D eigenvalue weighted by Gasteiger charge is -2.23. The van der Waals surface area contributed by atoms with E-state index in [-0.39, 0.29) is 12.5 Å². The maximum atomic E-state index is 13.1. The molecule has 1 saturated heterocycles. The maximum Gasteiger partial charge on any atom is 0.325 e. The van der Waals surface area contributed by atoms with Crippen molar-refractivity contribution >= 4 is 27.9 Å². The first-order valence-corrected chi connectivity index (χ1v) is 9.55. The van der Waals surface area contributed by atoms with E-state index in [1.165, 1.54) is 4.90 Å². The third-order valence-electron chi connectivity index (χ3n) is 4.83. The third-order valence-corrected chi connectivity index (χ3v) is 5.32. The molecule has 7 heteroatoms. The molecule has 2 heterocycles. The second-order valence-corrected chi connectivity index (χ2v) is 7.70. The van der Waals surface area contributed by atoms with Gasteiger partial charge >= 0.3 is 6.03 Å². The molecule has 6 nitrogen and oxygen atoms in total. The topological polar surface area (TPSA) is 67.9 Å². The van der Waals surface area contributed by atoms with Crippen molar-refractivity contribution in [2.24, 2.45) is 0 Å². The van der Waals surface area contributed by atoms with Crippen LogP contribution in [0, 0.1) is 0 Å². The maximum absolute atomic E-state index is 13.1. The lowest BCUT2D eigenvalue weighted by atomic mass is 9.91. The summed E-state index contributed by atoms with van der Waals surface area (Å²) in [5.41, 5.74) is 0.394. The molecular formula is C20H19BrN2O4. The van der Waals surface area contributed by atoms with Crippen LogP contribution in [0.1, 0.15) is 24.5 Å². The highest BCUT2D eigenvalue weighted by atomic mass is 79.9.